The summed E-state index contributed by atoms with van der Waals surface area (Å²) < 4.78 is 0. The van der Waals surface area contributed by atoms with E-state index >= 15 is 0 Å². The van der Waals surface area contributed by atoms with Crippen molar-refractivity contribution in [2.24, 2.45) is 11.8 Å². The highest BCUT2D eigenvalue weighted by atomic mass is 16.3. The molecular weight excluding hydrogens is 310 g/mol. The third-order valence-corrected chi connectivity index (χ3v) is 3.85. The van der Waals surface area contributed by atoms with Gasteiger partial charge in [-0.15, -0.1) is 0 Å². The van der Waals surface area contributed by atoms with Crippen LogP contribution in [0.1, 0.15) is 48.7 Å². The van der Waals surface area contributed by atoms with Crippen LogP contribution < -0.4 is 10.6 Å². The van der Waals surface area contributed by atoms with Crippen molar-refractivity contribution in [3.8, 4) is 0 Å². The monoisotopic (exact) mass is 337 g/mol. The summed E-state index contributed by atoms with van der Waals surface area (Å²) in [5.41, 5.74) is 0.207. The third kappa shape index (κ3) is 5.58. The number of aliphatic hydroxyl groups is 2. The average Bonchev–Trinajstić information content (AvgIpc) is 2.56. The van der Waals surface area contributed by atoms with Crippen molar-refractivity contribution in [1.82, 2.24) is 15.6 Å². The van der Waals surface area contributed by atoms with Gasteiger partial charge in [-0.1, -0.05) is 33.8 Å². The van der Waals surface area contributed by atoms with Crippen LogP contribution >= 0.6 is 0 Å². The van der Waals surface area contributed by atoms with E-state index in [1.54, 1.807) is 6.07 Å². The molecule has 0 aliphatic heterocycles. The van der Waals surface area contributed by atoms with Crippen LogP contribution in [0.25, 0.3) is 0 Å². The van der Waals surface area contributed by atoms with Gasteiger partial charge in [-0.3, -0.25) is 9.59 Å². The number of aromatic nitrogens is 1. The van der Waals surface area contributed by atoms with E-state index in [-0.39, 0.29) is 48.5 Å². The molecule has 0 aromatic carbocycles. The van der Waals surface area contributed by atoms with Crippen LogP contribution in [0, 0.1) is 11.8 Å². The molecule has 0 unspecified atom stereocenters. The predicted octanol–water partition coefficient (Wildman–Crippen LogP) is 0.575. The first-order valence-corrected chi connectivity index (χ1v) is 8.10. The average molecular weight is 337 g/mol. The van der Waals surface area contributed by atoms with Gasteiger partial charge in [0.15, 0.2) is 0 Å². The molecule has 0 saturated carbocycles. The number of rotatable bonds is 8. The molecule has 24 heavy (non-hydrogen) atoms. The van der Waals surface area contributed by atoms with Gasteiger partial charge in [0.2, 0.25) is 0 Å². The summed E-state index contributed by atoms with van der Waals surface area (Å²) in [4.78, 5) is 28.5. The topological polar surface area (TPSA) is 112 Å². The number of nitrogens with zero attached hydrogens (tertiary/aromatic N) is 1. The van der Waals surface area contributed by atoms with E-state index in [2.05, 4.69) is 15.6 Å². The van der Waals surface area contributed by atoms with Gasteiger partial charge < -0.3 is 20.8 Å². The molecule has 134 valence electrons. The first kappa shape index (κ1) is 20.1. The molecule has 2 amide bonds. The van der Waals surface area contributed by atoms with Crippen LogP contribution in [0.5, 0.6) is 0 Å². The zero-order valence-corrected chi connectivity index (χ0v) is 14.6. The van der Waals surface area contributed by atoms with E-state index in [0.29, 0.717) is 0 Å². The van der Waals surface area contributed by atoms with Gasteiger partial charge in [0.1, 0.15) is 11.4 Å². The molecule has 7 heteroatoms. The SMILES string of the molecule is CC(C)[C@@H](CO)NC(=O)c1cccc(C(=O)N[C@H](CO)C(C)C)n1. The number of nitrogens with one attached hydrogen (secondary N) is 2. The third-order valence-electron chi connectivity index (χ3n) is 3.85. The molecule has 2 atom stereocenters. The summed E-state index contributed by atoms with van der Waals surface area (Å²) in [5.74, 6) is -0.747. The fourth-order valence-corrected chi connectivity index (χ4v) is 2.02. The Hall–Kier alpha value is -1.99. The standard InChI is InChI=1S/C17H27N3O4/c1-10(2)14(8-21)19-16(23)12-6-5-7-13(18-12)17(24)20-15(9-22)11(3)4/h5-7,10-11,14-15,21-22H,8-9H2,1-4H3,(H,19,23)(H,20,24)/t14-,15-/m1/s1. The first-order valence-electron chi connectivity index (χ1n) is 8.10. The summed E-state index contributed by atoms with van der Waals surface area (Å²) >= 11 is 0. The zero-order chi connectivity index (χ0) is 18.3. The van der Waals surface area contributed by atoms with Crippen molar-refractivity contribution in [3.63, 3.8) is 0 Å². The van der Waals surface area contributed by atoms with Crippen molar-refractivity contribution in [2.75, 3.05) is 13.2 Å². The Morgan fingerprint density at radius 2 is 1.29 bits per heavy atom. The van der Waals surface area contributed by atoms with E-state index in [9.17, 15) is 19.8 Å². The second-order valence-corrected chi connectivity index (χ2v) is 6.42. The molecule has 0 spiro atoms. The smallest absolute Gasteiger partial charge is 0.270 e. The molecule has 1 heterocycles. The largest absolute Gasteiger partial charge is 0.394 e. The van der Waals surface area contributed by atoms with Crippen molar-refractivity contribution >= 4 is 11.8 Å². The van der Waals surface area contributed by atoms with Crippen LogP contribution in [0.2, 0.25) is 0 Å². The number of carbonyl (C=O) groups excluding carboxylic acids is 2. The second kappa shape index (κ2) is 9.34. The Balaban J connectivity index is 2.86. The summed E-state index contributed by atoms with van der Waals surface area (Å²) in [6.45, 7) is 7.21. The molecule has 0 radical (unpaired) electrons. The van der Waals surface area contributed by atoms with Crippen LogP contribution in [-0.4, -0.2) is 52.3 Å². The molecule has 1 rings (SSSR count). The van der Waals surface area contributed by atoms with Gasteiger partial charge in [-0.05, 0) is 24.0 Å². The van der Waals surface area contributed by atoms with Gasteiger partial charge in [0.05, 0.1) is 25.3 Å². The molecular formula is C17H27N3O4. The maximum Gasteiger partial charge on any atom is 0.270 e. The summed E-state index contributed by atoms with van der Waals surface area (Å²) in [5, 5.41) is 24.0. The zero-order valence-electron chi connectivity index (χ0n) is 14.6. The quantitative estimate of drug-likeness (QED) is 0.554. The predicted molar refractivity (Wildman–Crippen MR) is 90.6 cm³/mol. The summed E-state index contributed by atoms with van der Waals surface area (Å²) in [6.07, 6.45) is 0. The Morgan fingerprint density at radius 3 is 1.58 bits per heavy atom. The molecule has 0 saturated heterocycles. The van der Waals surface area contributed by atoms with Crippen LogP contribution in [0.4, 0.5) is 0 Å². The van der Waals surface area contributed by atoms with Gasteiger partial charge in [0, 0.05) is 0 Å². The van der Waals surface area contributed by atoms with Gasteiger partial charge >= 0.3 is 0 Å². The molecule has 7 nitrogen and oxygen atoms in total. The number of amides is 2. The van der Waals surface area contributed by atoms with E-state index < -0.39 is 11.8 Å². The molecule has 0 bridgehead atoms. The number of pyridine rings is 1. The van der Waals surface area contributed by atoms with E-state index in [4.69, 9.17) is 0 Å². The van der Waals surface area contributed by atoms with Crippen LogP contribution in [0.15, 0.2) is 18.2 Å². The highest BCUT2D eigenvalue weighted by Crippen LogP contribution is 2.06. The van der Waals surface area contributed by atoms with Crippen molar-refractivity contribution in [3.05, 3.63) is 29.6 Å². The molecule has 1 aromatic heterocycles. The van der Waals surface area contributed by atoms with Gasteiger partial charge in [-0.25, -0.2) is 4.98 Å². The second-order valence-electron chi connectivity index (χ2n) is 6.42. The van der Waals surface area contributed by atoms with Crippen LogP contribution in [-0.2, 0) is 0 Å². The highest BCUT2D eigenvalue weighted by molar-refractivity contribution is 5.96. The minimum atomic E-state index is -0.444. The number of carbonyl (C=O) groups is 2. The molecule has 0 fully saturated rings. The summed E-state index contributed by atoms with van der Waals surface area (Å²) in [6, 6.07) is 3.83. The Morgan fingerprint density at radius 1 is 0.917 bits per heavy atom. The molecule has 0 aliphatic rings. The molecule has 4 N–H and O–H groups in total. The normalized spacial score (nSPS) is 13.7. The highest BCUT2D eigenvalue weighted by Gasteiger charge is 2.20. The van der Waals surface area contributed by atoms with Crippen molar-refractivity contribution < 1.29 is 19.8 Å². The van der Waals surface area contributed by atoms with E-state index in [1.807, 2.05) is 27.7 Å². The van der Waals surface area contributed by atoms with Crippen LogP contribution in [0.3, 0.4) is 0 Å². The van der Waals surface area contributed by atoms with Gasteiger partial charge in [0.25, 0.3) is 11.8 Å². The summed E-state index contributed by atoms with van der Waals surface area (Å²) in [7, 11) is 0. The Kier molecular flexibility index (Phi) is 7.81. The Labute approximate surface area is 142 Å². The number of hydrogen-bond donors (Lipinski definition) is 4. The molecule has 1 aromatic rings. The molecule has 0 aliphatic carbocycles. The lowest BCUT2D eigenvalue weighted by molar-refractivity contribution is 0.0885. The lowest BCUT2D eigenvalue weighted by atomic mass is 10.1. The first-order chi connectivity index (χ1) is 11.3. The lowest BCUT2D eigenvalue weighted by Crippen LogP contribution is -2.42. The maximum absolute atomic E-state index is 12.2. The number of aliphatic hydroxyl groups excluding tert-OH is 2. The van der Waals surface area contributed by atoms with E-state index in [1.165, 1.54) is 12.1 Å². The lowest BCUT2D eigenvalue weighted by Gasteiger charge is -2.20. The minimum absolute atomic E-state index is 0.0711. The number of hydrogen-bond acceptors (Lipinski definition) is 5. The van der Waals surface area contributed by atoms with E-state index in [0.717, 1.165) is 0 Å². The van der Waals surface area contributed by atoms with Crippen molar-refractivity contribution in [2.45, 2.75) is 39.8 Å². The Bertz CT molecular complexity index is 515. The minimum Gasteiger partial charge on any atom is -0.394 e. The van der Waals surface area contributed by atoms with Gasteiger partial charge in [-0.2, -0.15) is 0 Å². The van der Waals surface area contributed by atoms with Crippen molar-refractivity contribution in [1.29, 1.82) is 0 Å². The fourth-order valence-electron chi connectivity index (χ4n) is 2.02. The maximum atomic E-state index is 12.2. The fraction of sp³-hybridized carbons (Fsp3) is 0.588.